The highest BCUT2D eigenvalue weighted by Crippen LogP contribution is 2.17. The molecule has 2 aromatic rings. The van der Waals surface area contributed by atoms with Gasteiger partial charge in [-0.2, -0.15) is 0 Å². The van der Waals surface area contributed by atoms with Crippen LogP contribution in [0.25, 0.3) is 0 Å². The molecule has 1 aromatic carbocycles. The lowest BCUT2D eigenvalue weighted by Gasteiger charge is -2.09. The van der Waals surface area contributed by atoms with Gasteiger partial charge in [-0.25, -0.2) is 0 Å². The highest BCUT2D eigenvalue weighted by molar-refractivity contribution is 5.93. The Bertz CT molecular complexity index is 629. The number of rotatable bonds is 5. The SMILES string of the molecule is COc1ccccc1CCNC(=O)c1ccc(=O)[nH]c1. The van der Waals surface area contributed by atoms with Crippen molar-refractivity contribution in [3.05, 3.63) is 64.1 Å². The van der Waals surface area contributed by atoms with Crippen LogP contribution in [0.5, 0.6) is 5.75 Å². The van der Waals surface area contributed by atoms with Crippen molar-refractivity contribution in [1.82, 2.24) is 10.3 Å². The van der Waals surface area contributed by atoms with Gasteiger partial charge in [-0.3, -0.25) is 9.59 Å². The van der Waals surface area contributed by atoms with E-state index in [4.69, 9.17) is 4.74 Å². The van der Waals surface area contributed by atoms with E-state index in [1.54, 1.807) is 7.11 Å². The molecule has 5 heteroatoms. The van der Waals surface area contributed by atoms with Gasteiger partial charge in [-0.15, -0.1) is 0 Å². The summed E-state index contributed by atoms with van der Waals surface area (Å²) < 4.78 is 5.25. The number of benzene rings is 1. The second-order valence-corrected chi connectivity index (χ2v) is 4.26. The highest BCUT2D eigenvalue weighted by Gasteiger charge is 2.06. The van der Waals surface area contributed by atoms with Gasteiger partial charge < -0.3 is 15.0 Å². The number of H-pyrrole nitrogens is 1. The fourth-order valence-electron chi connectivity index (χ4n) is 1.87. The Morgan fingerprint density at radius 1 is 1.25 bits per heavy atom. The third-order valence-corrected chi connectivity index (χ3v) is 2.92. The molecule has 0 spiro atoms. The number of pyridine rings is 1. The average molecular weight is 272 g/mol. The molecule has 5 nitrogen and oxygen atoms in total. The zero-order valence-electron chi connectivity index (χ0n) is 11.2. The molecular weight excluding hydrogens is 256 g/mol. The second-order valence-electron chi connectivity index (χ2n) is 4.26. The number of methoxy groups -OCH3 is 1. The maximum absolute atomic E-state index is 11.8. The van der Waals surface area contributed by atoms with Crippen molar-refractivity contribution >= 4 is 5.91 Å². The van der Waals surface area contributed by atoms with Crippen LogP contribution in [0, 0.1) is 0 Å². The van der Waals surface area contributed by atoms with Gasteiger partial charge in [-0.05, 0) is 24.1 Å². The minimum atomic E-state index is -0.226. The van der Waals surface area contributed by atoms with Gasteiger partial charge in [0.1, 0.15) is 5.75 Å². The summed E-state index contributed by atoms with van der Waals surface area (Å²) in [5, 5.41) is 2.80. The molecule has 0 aliphatic heterocycles. The number of nitrogens with one attached hydrogen (secondary N) is 2. The molecule has 0 unspecified atom stereocenters. The summed E-state index contributed by atoms with van der Waals surface area (Å²) in [7, 11) is 1.62. The van der Waals surface area contributed by atoms with E-state index in [-0.39, 0.29) is 11.5 Å². The molecule has 0 saturated carbocycles. The van der Waals surface area contributed by atoms with Crippen LogP contribution in [0.4, 0.5) is 0 Å². The van der Waals surface area contributed by atoms with Crippen LogP contribution in [-0.2, 0) is 6.42 Å². The van der Waals surface area contributed by atoms with Crippen LogP contribution in [0.15, 0.2) is 47.4 Å². The fraction of sp³-hybridized carbons (Fsp3) is 0.200. The molecule has 0 radical (unpaired) electrons. The number of para-hydroxylation sites is 1. The van der Waals surface area contributed by atoms with Crippen LogP contribution < -0.4 is 15.6 Å². The van der Waals surface area contributed by atoms with E-state index in [2.05, 4.69) is 10.3 Å². The molecule has 0 saturated heterocycles. The molecule has 0 atom stereocenters. The zero-order valence-corrected chi connectivity index (χ0v) is 11.2. The van der Waals surface area contributed by atoms with Crippen molar-refractivity contribution < 1.29 is 9.53 Å². The summed E-state index contributed by atoms with van der Waals surface area (Å²) in [5.74, 6) is 0.599. The smallest absolute Gasteiger partial charge is 0.252 e. The molecule has 0 aliphatic rings. The molecule has 1 amide bonds. The van der Waals surface area contributed by atoms with E-state index in [1.165, 1.54) is 18.3 Å². The first-order valence-corrected chi connectivity index (χ1v) is 6.29. The lowest BCUT2D eigenvalue weighted by atomic mass is 10.1. The van der Waals surface area contributed by atoms with Gasteiger partial charge in [0.25, 0.3) is 5.91 Å². The lowest BCUT2D eigenvalue weighted by Crippen LogP contribution is -2.26. The Labute approximate surface area is 116 Å². The summed E-state index contributed by atoms with van der Waals surface area (Å²) in [6, 6.07) is 10.5. The fourth-order valence-corrected chi connectivity index (χ4v) is 1.87. The van der Waals surface area contributed by atoms with Crippen LogP contribution in [-0.4, -0.2) is 24.5 Å². The highest BCUT2D eigenvalue weighted by atomic mass is 16.5. The normalized spacial score (nSPS) is 10.1. The first-order valence-electron chi connectivity index (χ1n) is 6.29. The van der Waals surface area contributed by atoms with Gasteiger partial charge >= 0.3 is 0 Å². The first kappa shape index (κ1) is 13.9. The summed E-state index contributed by atoms with van der Waals surface area (Å²) in [4.78, 5) is 25.2. The molecule has 2 N–H and O–H groups in total. The average Bonchev–Trinajstić information content (AvgIpc) is 2.48. The summed E-state index contributed by atoms with van der Waals surface area (Å²) in [6.45, 7) is 0.498. The largest absolute Gasteiger partial charge is 0.496 e. The van der Waals surface area contributed by atoms with Crippen molar-refractivity contribution in [1.29, 1.82) is 0 Å². The van der Waals surface area contributed by atoms with Gasteiger partial charge in [0.05, 0.1) is 12.7 Å². The van der Waals surface area contributed by atoms with Gasteiger partial charge in [0.2, 0.25) is 5.56 Å². The maximum atomic E-state index is 11.8. The molecule has 1 heterocycles. The Balaban J connectivity index is 1.91. The number of aromatic nitrogens is 1. The molecule has 20 heavy (non-hydrogen) atoms. The van der Waals surface area contributed by atoms with Crippen molar-refractivity contribution in [3.8, 4) is 5.75 Å². The van der Waals surface area contributed by atoms with E-state index in [0.717, 1.165) is 11.3 Å². The predicted molar refractivity (Wildman–Crippen MR) is 76.1 cm³/mol. The van der Waals surface area contributed by atoms with Crippen LogP contribution in [0.3, 0.4) is 0 Å². The molecule has 2 rings (SSSR count). The van der Waals surface area contributed by atoms with E-state index < -0.39 is 0 Å². The molecule has 0 bridgehead atoms. The standard InChI is InChI=1S/C15H16N2O3/c1-20-13-5-3-2-4-11(13)8-9-16-15(19)12-6-7-14(18)17-10-12/h2-7,10H,8-9H2,1H3,(H,16,19)(H,17,18). The molecule has 0 aliphatic carbocycles. The number of hydrogen-bond acceptors (Lipinski definition) is 3. The van der Waals surface area contributed by atoms with Gasteiger partial charge in [0, 0.05) is 18.8 Å². The molecular formula is C15H16N2O3. The van der Waals surface area contributed by atoms with Gasteiger partial charge in [0.15, 0.2) is 0 Å². The Morgan fingerprint density at radius 3 is 2.75 bits per heavy atom. The minimum Gasteiger partial charge on any atom is -0.496 e. The number of aromatic amines is 1. The quantitative estimate of drug-likeness (QED) is 0.863. The third kappa shape index (κ3) is 3.47. The monoisotopic (exact) mass is 272 g/mol. The summed E-state index contributed by atoms with van der Waals surface area (Å²) >= 11 is 0. The molecule has 104 valence electrons. The number of ether oxygens (including phenoxy) is 1. The van der Waals surface area contributed by atoms with Crippen molar-refractivity contribution in [2.75, 3.05) is 13.7 Å². The number of amides is 1. The molecule has 0 fully saturated rings. The number of hydrogen-bond donors (Lipinski definition) is 2. The second kappa shape index (κ2) is 6.56. The Hall–Kier alpha value is -2.56. The van der Waals surface area contributed by atoms with Crippen molar-refractivity contribution in [3.63, 3.8) is 0 Å². The molecule has 1 aromatic heterocycles. The van der Waals surface area contributed by atoms with E-state index in [1.807, 2.05) is 24.3 Å². The van der Waals surface area contributed by atoms with E-state index >= 15 is 0 Å². The Morgan fingerprint density at radius 2 is 2.05 bits per heavy atom. The predicted octanol–water partition coefficient (Wildman–Crippen LogP) is 1.36. The topological polar surface area (TPSA) is 71.2 Å². The first-order chi connectivity index (χ1) is 9.70. The number of carbonyl (C=O) groups excluding carboxylic acids is 1. The lowest BCUT2D eigenvalue weighted by molar-refractivity contribution is 0.0953. The maximum Gasteiger partial charge on any atom is 0.252 e. The van der Waals surface area contributed by atoms with Crippen LogP contribution in [0.1, 0.15) is 15.9 Å². The summed E-state index contributed by atoms with van der Waals surface area (Å²) in [5.41, 5.74) is 1.25. The van der Waals surface area contributed by atoms with E-state index in [9.17, 15) is 9.59 Å². The summed E-state index contributed by atoms with van der Waals surface area (Å²) in [6.07, 6.45) is 2.08. The van der Waals surface area contributed by atoms with Gasteiger partial charge in [-0.1, -0.05) is 18.2 Å². The zero-order chi connectivity index (χ0) is 14.4. The Kier molecular flexibility index (Phi) is 4.55. The van der Waals surface area contributed by atoms with Crippen molar-refractivity contribution in [2.45, 2.75) is 6.42 Å². The van der Waals surface area contributed by atoms with E-state index in [0.29, 0.717) is 18.5 Å². The third-order valence-electron chi connectivity index (χ3n) is 2.92. The minimum absolute atomic E-state index is 0.212. The number of carbonyl (C=O) groups is 1. The van der Waals surface area contributed by atoms with Crippen LogP contribution in [0.2, 0.25) is 0 Å². The van der Waals surface area contributed by atoms with Crippen molar-refractivity contribution in [2.24, 2.45) is 0 Å². The van der Waals surface area contributed by atoms with Crippen LogP contribution >= 0.6 is 0 Å².